The largest absolute Gasteiger partial charge is 0.493 e. The molecule has 0 bridgehead atoms. The van der Waals surface area contributed by atoms with Crippen molar-refractivity contribution in [2.75, 3.05) is 6.61 Å². The van der Waals surface area contributed by atoms with Gasteiger partial charge in [0.15, 0.2) is 0 Å². The van der Waals surface area contributed by atoms with Crippen LogP contribution in [0.15, 0.2) is 18.2 Å². The molecular weight excluding hydrogens is 252 g/mol. The highest BCUT2D eigenvalue weighted by Gasteiger charge is 2.20. The molecule has 0 unspecified atom stereocenters. The molecule has 1 saturated carbocycles. The maximum Gasteiger partial charge on any atom is 0.220 e. The molecule has 0 aromatic heterocycles. The van der Waals surface area contributed by atoms with E-state index in [0.717, 1.165) is 17.9 Å². The predicted molar refractivity (Wildman–Crippen MR) is 70.6 cm³/mol. The van der Waals surface area contributed by atoms with E-state index in [1.165, 1.54) is 12.8 Å². The number of hydrogen-bond acceptors (Lipinski definition) is 3. The van der Waals surface area contributed by atoms with E-state index in [9.17, 15) is 4.79 Å². The Hall–Kier alpha value is -1.26. The van der Waals surface area contributed by atoms with Gasteiger partial charge in [-0.3, -0.25) is 4.79 Å². The molecule has 0 aliphatic heterocycles. The van der Waals surface area contributed by atoms with Crippen LogP contribution < -0.4 is 15.8 Å². The summed E-state index contributed by atoms with van der Waals surface area (Å²) in [6.07, 6.45) is 2.69. The van der Waals surface area contributed by atoms with E-state index in [2.05, 4.69) is 5.32 Å². The third kappa shape index (κ3) is 4.20. The quantitative estimate of drug-likeness (QED) is 0.793. The van der Waals surface area contributed by atoms with E-state index in [-0.39, 0.29) is 12.3 Å². The first-order chi connectivity index (χ1) is 8.65. The zero-order valence-electron chi connectivity index (χ0n) is 10.1. The van der Waals surface area contributed by atoms with Gasteiger partial charge >= 0.3 is 0 Å². The molecule has 2 rings (SSSR count). The zero-order chi connectivity index (χ0) is 13.0. The normalized spacial score (nSPS) is 14.5. The minimum Gasteiger partial charge on any atom is -0.493 e. The lowest BCUT2D eigenvalue weighted by molar-refractivity contribution is -0.118. The first-order valence-corrected chi connectivity index (χ1v) is 6.46. The van der Waals surface area contributed by atoms with Gasteiger partial charge in [-0.15, -0.1) is 0 Å². The molecule has 0 atom stereocenters. The standard InChI is InChI=1S/C13H17ClN2O2/c14-10-1-4-12(18-6-5-13(15)17)9(7-10)8-16-11-2-3-11/h1,4,7,11,16H,2-3,5-6,8H2,(H2,15,17). The van der Waals surface area contributed by atoms with Gasteiger partial charge in [0.2, 0.25) is 5.91 Å². The Balaban J connectivity index is 1.94. The van der Waals surface area contributed by atoms with Crippen molar-refractivity contribution in [1.29, 1.82) is 0 Å². The first-order valence-electron chi connectivity index (χ1n) is 6.08. The predicted octanol–water partition coefficient (Wildman–Crippen LogP) is 1.85. The van der Waals surface area contributed by atoms with E-state index < -0.39 is 0 Å². The Morgan fingerprint density at radius 2 is 2.28 bits per heavy atom. The molecule has 0 heterocycles. The number of rotatable bonds is 7. The monoisotopic (exact) mass is 268 g/mol. The molecule has 1 amide bonds. The molecule has 4 nitrogen and oxygen atoms in total. The number of ether oxygens (including phenoxy) is 1. The molecule has 0 spiro atoms. The van der Waals surface area contributed by atoms with Gasteiger partial charge in [-0.1, -0.05) is 11.6 Å². The summed E-state index contributed by atoms with van der Waals surface area (Å²) in [5.74, 6) is 0.399. The van der Waals surface area contributed by atoms with Gasteiger partial charge in [0.05, 0.1) is 13.0 Å². The highest BCUT2D eigenvalue weighted by Crippen LogP contribution is 2.25. The molecule has 18 heavy (non-hydrogen) atoms. The first kappa shape index (κ1) is 13.2. The van der Waals surface area contributed by atoms with Crippen LogP contribution in [-0.2, 0) is 11.3 Å². The van der Waals surface area contributed by atoms with Gasteiger partial charge in [0.25, 0.3) is 0 Å². The molecule has 5 heteroatoms. The fourth-order valence-corrected chi connectivity index (χ4v) is 1.83. The van der Waals surface area contributed by atoms with Crippen LogP contribution in [0.1, 0.15) is 24.8 Å². The van der Waals surface area contributed by atoms with E-state index in [1.54, 1.807) is 6.07 Å². The Labute approximate surface area is 111 Å². The topological polar surface area (TPSA) is 64.4 Å². The van der Waals surface area contributed by atoms with Crippen LogP contribution >= 0.6 is 11.6 Å². The van der Waals surface area contributed by atoms with Crippen molar-refractivity contribution in [3.05, 3.63) is 28.8 Å². The van der Waals surface area contributed by atoms with Crippen molar-refractivity contribution in [1.82, 2.24) is 5.32 Å². The van der Waals surface area contributed by atoms with Crippen molar-refractivity contribution in [3.8, 4) is 5.75 Å². The number of halogens is 1. The van der Waals surface area contributed by atoms with Crippen molar-refractivity contribution >= 4 is 17.5 Å². The molecule has 1 aliphatic rings. The van der Waals surface area contributed by atoms with Crippen molar-refractivity contribution in [2.45, 2.75) is 31.8 Å². The Morgan fingerprint density at radius 1 is 1.50 bits per heavy atom. The fourth-order valence-electron chi connectivity index (χ4n) is 1.63. The molecule has 1 aliphatic carbocycles. The molecular formula is C13H17ClN2O2. The fraction of sp³-hybridized carbons (Fsp3) is 0.462. The lowest BCUT2D eigenvalue weighted by Crippen LogP contribution is -2.17. The number of hydrogen-bond donors (Lipinski definition) is 2. The van der Waals surface area contributed by atoms with Crippen molar-refractivity contribution < 1.29 is 9.53 Å². The van der Waals surface area contributed by atoms with Crippen LogP contribution in [0, 0.1) is 0 Å². The molecule has 0 saturated heterocycles. The van der Waals surface area contributed by atoms with Gasteiger partial charge in [-0.25, -0.2) is 0 Å². The van der Waals surface area contributed by atoms with E-state index >= 15 is 0 Å². The van der Waals surface area contributed by atoms with E-state index in [1.807, 2.05) is 12.1 Å². The van der Waals surface area contributed by atoms with Crippen LogP contribution in [0.3, 0.4) is 0 Å². The number of carbonyl (C=O) groups excluding carboxylic acids is 1. The maximum absolute atomic E-state index is 10.7. The Morgan fingerprint density at radius 3 is 2.94 bits per heavy atom. The number of carbonyl (C=O) groups is 1. The summed E-state index contributed by atoms with van der Waals surface area (Å²) in [6, 6.07) is 6.12. The van der Waals surface area contributed by atoms with Crippen LogP contribution in [0.25, 0.3) is 0 Å². The molecule has 1 aromatic rings. The van der Waals surface area contributed by atoms with E-state index in [0.29, 0.717) is 17.7 Å². The molecule has 1 aromatic carbocycles. The SMILES string of the molecule is NC(=O)CCOc1ccc(Cl)cc1CNC1CC1. The summed E-state index contributed by atoms with van der Waals surface area (Å²) in [4.78, 5) is 10.7. The molecule has 0 radical (unpaired) electrons. The van der Waals surface area contributed by atoms with Gasteiger partial charge in [-0.05, 0) is 31.0 Å². The minimum atomic E-state index is -0.360. The summed E-state index contributed by atoms with van der Waals surface area (Å²) in [6.45, 7) is 1.03. The summed E-state index contributed by atoms with van der Waals surface area (Å²) in [5, 5.41) is 4.09. The third-order valence-corrected chi connectivity index (χ3v) is 3.02. The van der Waals surface area contributed by atoms with Crippen LogP contribution in [0.5, 0.6) is 5.75 Å². The zero-order valence-corrected chi connectivity index (χ0v) is 10.9. The van der Waals surface area contributed by atoms with Crippen LogP contribution in [0.2, 0.25) is 5.02 Å². The summed E-state index contributed by atoms with van der Waals surface area (Å²) in [7, 11) is 0. The van der Waals surface area contributed by atoms with E-state index in [4.69, 9.17) is 22.1 Å². The number of benzene rings is 1. The second-order valence-corrected chi connectivity index (χ2v) is 4.91. The number of nitrogens with two attached hydrogens (primary N) is 1. The smallest absolute Gasteiger partial charge is 0.220 e. The van der Waals surface area contributed by atoms with Crippen molar-refractivity contribution in [3.63, 3.8) is 0 Å². The van der Waals surface area contributed by atoms with Gasteiger partial charge in [0.1, 0.15) is 5.75 Å². The van der Waals surface area contributed by atoms with Gasteiger partial charge in [0, 0.05) is 23.2 Å². The van der Waals surface area contributed by atoms with Crippen molar-refractivity contribution in [2.24, 2.45) is 5.73 Å². The lowest BCUT2D eigenvalue weighted by atomic mass is 10.2. The maximum atomic E-state index is 10.7. The molecule has 98 valence electrons. The van der Waals surface area contributed by atoms with Gasteiger partial charge in [-0.2, -0.15) is 0 Å². The second-order valence-electron chi connectivity index (χ2n) is 4.47. The Bertz CT molecular complexity index is 433. The van der Waals surface area contributed by atoms with Crippen LogP contribution in [-0.4, -0.2) is 18.6 Å². The summed E-state index contributed by atoms with van der Waals surface area (Å²) < 4.78 is 5.56. The highest BCUT2D eigenvalue weighted by atomic mass is 35.5. The molecule has 1 fully saturated rings. The average Bonchev–Trinajstić information content (AvgIpc) is 3.12. The van der Waals surface area contributed by atoms with Crippen LogP contribution in [0.4, 0.5) is 0 Å². The van der Waals surface area contributed by atoms with Gasteiger partial charge < -0.3 is 15.8 Å². The third-order valence-electron chi connectivity index (χ3n) is 2.79. The highest BCUT2D eigenvalue weighted by molar-refractivity contribution is 6.30. The lowest BCUT2D eigenvalue weighted by Gasteiger charge is -2.12. The summed E-state index contributed by atoms with van der Waals surface area (Å²) >= 11 is 5.97. The number of primary amides is 1. The number of amides is 1. The minimum absolute atomic E-state index is 0.220. The second kappa shape index (κ2) is 6.07. The average molecular weight is 269 g/mol. The Kier molecular flexibility index (Phi) is 4.44. The summed E-state index contributed by atoms with van der Waals surface area (Å²) in [5.41, 5.74) is 6.09. The molecule has 3 N–H and O–H groups in total. The number of nitrogens with one attached hydrogen (secondary N) is 1.